The summed E-state index contributed by atoms with van der Waals surface area (Å²) in [6.07, 6.45) is 1.91. The molecule has 0 atom stereocenters. The van der Waals surface area contributed by atoms with Crippen molar-refractivity contribution in [3.05, 3.63) is 49.9 Å². The minimum Gasteiger partial charge on any atom is -0.477 e. The van der Waals surface area contributed by atoms with Gasteiger partial charge in [0.2, 0.25) is 0 Å². The van der Waals surface area contributed by atoms with Gasteiger partial charge in [0.1, 0.15) is 4.88 Å². The Morgan fingerprint density at radius 3 is 2.71 bits per heavy atom. The lowest BCUT2D eigenvalue weighted by Gasteiger charge is -2.00. The Labute approximate surface area is 112 Å². The van der Waals surface area contributed by atoms with Crippen LogP contribution in [0, 0.1) is 0 Å². The molecule has 88 valence electrons. The van der Waals surface area contributed by atoms with Crippen LogP contribution in [0.25, 0.3) is 0 Å². The summed E-state index contributed by atoms with van der Waals surface area (Å²) in [6, 6.07) is 5.31. The SMILES string of the molecule is O=C(O)c1cnc(Cc2ccc(Cl)c(Cl)c2)s1. The van der Waals surface area contributed by atoms with E-state index in [0.29, 0.717) is 16.5 Å². The fourth-order valence-corrected chi connectivity index (χ4v) is 2.43. The quantitative estimate of drug-likeness (QED) is 0.936. The molecule has 0 saturated heterocycles. The van der Waals surface area contributed by atoms with Crippen molar-refractivity contribution >= 4 is 40.5 Å². The van der Waals surface area contributed by atoms with Crippen LogP contribution in [0.15, 0.2) is 24.4 Å². The monoisotopic (exact) mass is 287 g/mol. The highest BCUT2D eigenvalue weighted by atomic mass is 35.5. The Balaban J connectivity index is 2.19. The molecule has 2 rings (SSSR count). The summed E-state index contributed by atoms with van der Waals surface area (Å²) < 4.78 is 0. The molecule has 1 aromatic heterocycles. The van der Waals surface area contributed by atoms with E-state index < -0.39 is 5.97 Å². The molecule has 0 spiro atoms. The number of hydrogen-bond acceptors (Lipinski definition) is 3. The number of aromatic carboxylic acids is 1. The van der Waals surface area contributed by atoms with Crippen molar-refractivity contribution in [2.45, 2.75) is 6.42 Å². The van der Waals surface area contributed by atoms with Gasteiger partial charge in [-0.05, 0) is 17.7 Å². The molecule has 0 aliphatic carbocycles. The zero-order valence-electron chi connectivity index (χ0n) is 8.48. The molecule has 2 aromatic rings. The molecular weight excluding hydrogens is 281 g/mol. The maximum absolute atomic E-state index is 10.7. The van der Waals surface area contributed by atoms with Crippen molar-refractivity contribution in [2.75, 3.05) is 0 Å². The van der Waals surface area contributed by atoms with E-state index >= 15 is 0 Å². The predicted molar refractivity (Wildman–Crippen MR) is 68.3 cm³/mol. The van der Waals surface area contributed by atoms with Crippen molar-refractivity contribution in [1.29, 1.82) is 0 Å². The van der Waals surface area contributed by atoms with Gasteiger partial charge in [-0.25, -0.2) is 9.78 Å². The molecule has 1 N–H and O–H groups in total. The fourth-order valence-electron chi connectivity index (χ4n) is 1.32. The summed E-state index contributed by atoms with van der Waals surface area (Å²) in [7, 11) is 0. The number of carboxylic acids is 1. The molecule has 3 nitrogen and oxygen atoms in total. The molecule has 0 aliphatic heterocycles. The van der Waals surface area contributed by atoms with Gasteiger partial charge in [0.25, 0.3) is 0 Å². The molecule has 0 saturated carbocycles. The van der Waals surface area contributed by atoms with Crippen molar-refractivity contribution in [3.8, 4) is 0 Å². The summed E-state index contributed by atoms with van der Waals surface area (Å²) >= 11 is 12.9. The lowest BCUT2D eigenvalue weighted by atomic mass is 10.2. The van der Waals surface area contributed by atoms with E-state index in [9.17, 15) is 4.79 Å². The Hall–Kier alpha value is -1.10. The largest absolute Gasteiger partial charge is 0.477 e. The van der Waals surface area contributed by atoms with Gasteiger partial charge < -0.3 is 5.11 Å². The number of thiazole rings is 1. The van der Waals surface area contributed by atoms with E-state index in [2.05, 4.69) is 4.98 Å². The third kappa shape index (κ3) is 2.97. The molecule has 0 radical (unpaired) electrons. The van der Waals surface area contributed by atoms with Crippen LogP contribution in [0.5, 0.6) is 0 Å². The first-order chi connectivity index (χ1) is 8.06. The van der Waals surface area contributed by atoms with Gasteiger partial charge in [0, 0.05) is 6.42 Å². The lowest BCUT2D eigenvalue weighted by Crippen LogP contribution is -1.89. The topological polar surface area (TPSA) is 50.2 Å². The first-order valence-corrected chi connectivity index (χ1v) is 6.25. The van der Waals surface area contributed by atoms with E-state index in [1.807, 2.05) is 6.07 Å². The van der Waals surface area contributed by atoms with Crippen molar-refractivity contribution < 1.29 is 9.90 Å². The summed E-state index contributed by atoms with van der Waals surface area (Å²) in [6.45, 7) is 0. The second-order valence-electron chi connectivity index (χ2n) is 3.35. The van der Waals surface area contributed by atoms with Gasteiger partial charge in [0.15, 0.2) is 0 Å². The first kappa shape index (κ1) is 12.4. The van der Waals surface area contributed by atoms with Crippen molar-refractivity contribution in [1.82, 2.24) is 4.98 Å². The van der Waals surface area contributed by atoms with Crippen molar-refractivity contribution in [2.24, 2.45) is 0 Å². The summed E-state index contributed by atoms with van der Waals surface area (Å²) in [5.41, 5.74) is 0.950. The third-order valence-electron chi connectivity index (χ3n) is 2.10. The normalized spacial score (nSPS) is 10.5. The highest BCUT2D eigenvalue weighted by molar-refractivity contribution is 7.13. The minimum atomic E-state index is -0.956. The maximum Gasteiger partial charge on any atom is 0.347 e. The van der Waals surface area contributed by atoms with Crippen LogP contribution in [-0.2, 0) is 6.42 Å². The molecule has 1 aromatic carbocycles. The molecule has 0 amide bonds. The number of hydrogen-bond donors (Lipinski definition) is 1. The van der Waals surface area contributed by atoms with Crippen LogP contribution in [0.1, 0.15) is 20.2 Å². The van der Waals surface area contributed by atoms with Gasteiger partial charge in [-0.2, -0.15) is 0 Å². The molecule has 6 heteroatoms. The molecule has 0 bridgehead atoms. The molecule has 1 heterocycles. The molecule has 0 fully saturated rings. The van der Waals surface area contributed by atoms with Gasteiger partial charge in [-0.3, -0.25) is 0 Å². The van der Waals surface area contributed by atoms with Gasteiger partial charge in [-0.1, -0.05) is 29.3 Å². The fraction of sp³-hybridized carbons (Fsp3) is 0.0909. The van der Waals surface area contributed by atoms with Crippen LogP contribution in [-0.4, -0.2) is 16.1 Å². The molecular formula is C11H7Cl2NO2S. The van der Waals surface area contributed by atoms with Crippen LogP contribution in [0.3, 0.4) is 0 Å². The Morgan fingerprint density at radius 1 is 1.35 bits per heavy atom. The average Bonchev–Trinajstić information content (AvgIpc) is 2.72. The van der Waals surface area contributed by atoms with Crippen LogP contribution in [0.2, 0.25) is 10.0 Å². The number of aromatic nitrogens is 1. The number of carbonyl (C=O) groups is 1. The summed E-state index contributed by atoms with van der Waals surface area (Å²) in [5.74, 6) is -0.956. The number of rotatable bonds is 3. The molecule has 17 heavy (non-hydrogen) atoms. The third-order valence-corrected chi connectivity index (χ3v) is 3.83. The second-order valence-corrected chi connectivity index (χ2v) is 5.28. The zero-order valence-corrected chi connectivity index (χ0v) is 10.8. The average molecular weight is 288 g/mol. The summed E-state index contributed by atoms with van der Waals surface area (Å²) in [5, 5.41) is 10.5. The van der Waals surface area contributed by atoms with Crippen LogP contribution in [0.4, 0.5) is 0 Å². The van der Waals surface area contributed by atoms with E-state index in [0.717, 1.165) is 21.9 Å². The van der Waals surface area contributed by atoms with Gasteiger partial charge in [-0.15, -0.1) is 11.3 Å². The maximum atomic E-state index is 10.7. The second kappa shape index (κ2) is 5.04. The van der Waals surface area contributed by atoms with Crippen LogP contribution >= 0.6 is 34.5 Å². The Morgan fingerprint density at radius 2 is 2.12 bits per heavy atom. The van der Waals surface area contributed by atoms with E-state index in [1.54, 1.807) is 12.1 Å². The number of benzene rings is 1. The van der Waals surface area contributed by atoms with Gasteiger partial charge >= 0.3 is 5.97 Å². The highest BCUT2D eigenvalue weighted by Crippen LogP contribution is 2.24. The minimum absolute atomic E-state index is 0.236. The number of carboxylic acid groups (broad SMARTS) is 1. The molecule has 0 aliphatic rings. The lowest BCUT2D eigenvalue weighted by molar-refractivity contribution is 0.0702. The van der Waals surface area contributed by atoms with E-state index in [4.69, 9.17) is 28.3 Å². The summed E-state index contributed by atoms with van der Waals surface area (Å²) in [4.78, 5) is 15.0. The highest BCUT2D eigenvalue weighted by Gasteiger charge is 2.09. The van der Waals surface area contributed by atoms with Crippen molar-refractivity contribution in [3.63, 3.8) is 0 Å². The number of halogens is 2. The predicted octanol–water partition coefficient (Wildman–Crippen LogP) is 3.74. The first-order valence-electron chi connectivity index (χ1n) is 4.68. The van der Waals surface area contributed by atoms with E-state index in [1.165, 1.54) is 6.20 Å². The van der Waals surface area contributed by atoms with E-state index in [-0.39, 0.29) is 4.88 Å². The smallest absolute Gasteiger partial charge is 0.347 e. The molecule has 0 unspecified atom stereocenters. The zero-order chi connectivity index (χ0) is 12.4. The number of nitrogens with zero attached hydrogens (tertiary/aromatic N) is 1. The standard InChI is InChI=1S/C11H7Cl2NO2S/c12-7-2-1-6(3-8(7)13)4-10-14-5-9(17-10)11(15)16/h1-3,5H,4H2,(H,15,16). The van der Waals surface area contributed by atoms with Gasteiger partial charge in [0.05, 0.1) is 21.2 Å². The Bertz CT molecular complexity index is 568. The van der Waals surface area contributed by atoms with Crippen LogP contribution < -0.4 is 0 Å². The Kier molecular flexibility index (Phi) is 3.66.